The van der Waals surface area contributed by atoms with Crippen molar-refractivity contribution < 1.29 is 4.79 Å². The Balaban J connectivity index is 1.97. The number of benzene rings is 1. The summed E-state index contributed by atoms with van der Waals surface area (Å²) in [5, 5.41) is 8.93. The number of aromatic nitrogens is 1. The largest absolute Gasteiger partial charge is 0.326 e. The van der Waals surface area contributed by atoms with Gasteiger partial charge in [-0.05, 0) is 18.7 Å². The van der Waals surface area contributed by atoms with Crippen molar-refractivity contribution in [3.05, 3.63) is 35.8 Å². The zero-order valence-corrected chi connectivity index (χ0v) is 11.7. The topological polar surface area (TPSA) is 54.0 Å². The van der Waals surface area contributed by atoms with Crippen molar-refractivity contribution in [3.8, 4) is 10.6 Å². The number of nitrogens with one attached hydrogen (secondary N) is 2. The number of hydrogen-bond donors (Lipinski definition) is 2. The van der Waals surface area contributed by atoms with Gasteiger partial charge in [0.15, 0.2) is 0 Å². The van der Waals surface area contributed by atoms with E-state index in [-0.39, 0.29) is 5.91 Å². The lowest BCUT2D eigenvalue weighted by atomic mass is 10.2. The first kappa shape index (κ1) is 13.7. The summed E-state index contributed by atoms with van der Waals surface area (Å²) in [6, 6.07) is 7.76. The smallest absolute Gasteiger partial charge is 0.225 e. The van der Waals surface area contributed by atoms with E-state index < -0.39 is 0 Å². The average Bonchev–Trinajstić information content (AvgIpc) is 2.93. The Bertz CT molecular complexity index is 525. The molecule has 19 heavy (non-hydrogen) atoms. The molecule has 100 valence electrons. The van der Waals surface area contributed by atoms with E-state index in [4.69, 9.17) is 0 Å². The third-order valence-electron chi connectivity index (χ3n) is 2.60. The zero-order valence-electron chi connectivity index (χ0n) is 10.8. The number of carbonyl (C=O) groups excluding carboxylic acids is 1. The van der Waals surface area contributed by atoms with Gasteiger partial charge in [0.1, 0.15) is 5.01 Å². The molecule has 0 unspecified atom stereocenters. The second-order valence-electron chi connectivity index (χ2n) is 4.07. The molecule has 1 amide bonds. The monoisotopic (exact) mass is 275 g/mol. The summed E-state index contributed by atoms with van der Waals surface area (Å²) in [7, 11) is 0. The number of rotatable bonds is 6. The van der Waals surface area contributed by atoms with Gasteiger partial charge in [-0.15, -0.1) is 11.3 Å². The van der Waals surface area contributed by atoms with Crippen LogP contribution in [0.4, 0.5) is 5.69 Å². The summed E-state index contributed by atoms with van der Waals surface area (Å²) >= 11 is 1.59. The fourth-order valence-corrected chi connectivity index (χ4v) is 2.33. The number of carbonyl (C=O) groups is 1. The van der Waals surface area contributed by atoms with Crippen molar-refractivity contribution in [1.82, 2.24) is 10.3 Å². The molecule has 2 aromatic rings. The van der Waals surface area contributed by atoms with Crippen molar-refractivity contribution in [2.45, 2.75) is 13.3 Å². The third-order valence-corrected chi connectivity index (χ3v) is 3.43. The molecule has 0 aliphatic carbocycles. The summed E-state index contributed by atoms with van der Waals surface area (Å²) < 4.78 is 0. The van der Waals surface area contributed by atoms with Crippen molar-refractivity contribution in [1.29, 1.82) is 0 Å². The minimum Gasteiger partial charge on any atom is -0.326 e. The quantitative estimate of drug-likeness (QED) is 0.797. The van der Waals surface area contributed by atoms with Gasteiger partial charge in [0.25, 0.3) is 0 Å². The van der Waals surface area contributed by atoms with Crippen LogP contribution in [0.5, 0.6) is 0 Å². The van der Waals surface area contributed by atoms with Crippen LogP contribution >= 0.6 is 11.3 Å². The number of thiazole rings is 1. The minimum atomic E-state index is 0.0252. The van der Waals surface area contributed by atoms with E-state index in [1.54, 1.807) is 17.5 Å². The van der Waals surface area contributed by atoms with Gasteiger partial charge >= 0.3 is 0 Å². The van der Waals surface area contributed by atoms with Gasteiger partial charge in [0.2, 0.25) is 5.91 Å². The summed E-state index contributed by atoms with van der Waals surface area (Å²) in [6.45, 7) is 3.61. The van der Waals surface area contributed by atoms with Crippen LogP contribution in [0, 0.1) is 0 Å². The van der Waals surface area contributed by atoms with E-state index in [0.29, 0.717) is 13.0 Å². The number of anilines is 1. The molecule has 0 aliphatic heterocycles. The number of nitrogens with zero attached hydrogens (tertiary/aromatic N) is 1. The van der Waals surface area contributed by atoms with Gasteiger partial charge < -0.3 is 10.6 Å². The maximum Gasteiger partial charge on any atom is 0.225 e. The van der Waals surface area contributed by atoms with E-state index in [1.165, 1.54) is 0 Å². The molecule has 2 N–H and O–H groups in total. The molecule has 0 spiro atoms. The highest BCUT2D eigenvalue weighted by molar-refractivity contribution is 7.13. The Labute approximate surface area is 116 Å². The lowest BCUT2D eigenvalue weighted by Gasteiger charge is -2.06. The summed E-state index contributed by atoms with van der Waals surface area (Å²) in [5.74, 6) is 0.0252. The van der Waals surface area contributed by atoms with Crippen LogP contribution in [0.15, 0.2) is 35.8 Å². The molecule has 2 rings (SSSR count). The normalized spacial score (nSPS) is 10.4. The highest BCUT2D eigenvalue weighted by Gasteiger charge is 2.04. The molecule has 0 atom stereocenters. The first-order valence-corrected chi connectivity index (χ1v) is 7.18. The highest BCUT2D eigenvalue weighted by Crippen LogP contribution is 2.24. The van der Waals surface area contributed by atoms with Crippen LogP contribution in [-0.4, -0.2) is 24.0 Å². The molecular weight excluding hydrogens is 258 g/mol. The van der Waals surface area contributed by atoms with Gasteiger partial charge in [0.05, 0.1) is 0 Å². The summed E-state index contributed by atoms with van der Waals surface area (Å²) in [6.07, 6.45) is 2.26. The van der Waals surface area contributed by atoms with Crippen molar-refractivity contribution >= 4 is 22.9 Å². The molecule has 0 fully saturated rings. The molecule has 5 heteroatoms. The van der Waals surface area contributed by atoms with Crippen molar-refractivity contribution in [2.24, 2.45) is 0 Å². The van der Waals surface area contributed by atoms with Crippen molar-refractivity contribution in [2.75, 3.05) is 18.4 Å². The molecular formula is C14H17N3OS. The van der Waals surface area contributed by atoms with E-state index in [9.17, 15) is 4.79 Å². The Morgan fingerprint density at radius 1 is 1.42 bits per heavy atom. The molecule has 0 aliphatic rings. The predicted octanol–water partition coefficient (Wildman–Crippen LogP) is 2.75. The predicted molar refractivity (Wildman–Crippen MR) is 79.3 cm³/mol. The third kappa shape index (κ3) is 4.15. The second kappa shape index (κ2) is 7.01. The average molecular weight is 275 g/mol. The Kier molecular flexibility index (Phi) is 5.06. The fourth-order valence-electron chi connectivity index (χ4n) is 1.70. The minimum absolute atomic E-state index is 0.0252. The SMILES string of the molecule is CCNCCC(=O)Nc1cccc(-c2nccs2)c1. The first-order chi connectivity index (χ1) is 9.29. The van der Waals surface area contributed by atoms with Gasteiger partial charge in [-0.2, -0.15) is 0 Å². The van der Waals surface area contributed by atoms with Crippen LogP contribution in [0.2, 0.25) is 0 Å². The Hall–Kier alpha value is -1.72. The van der Waals surface area contributed by atoms with E-state index >= 15 is 0 Å². The molecule has 1 heterocycles. The number of amides is 1. The molecule has 0 saturated carbocycles. The maximum absolute atomic E-state index is 11.7. The first-order valence-electron chi connectivity index (χ1n) is 6.30. The summed E-state index contributed by atoms with van der Waals surface area (Å²) in [4.78, 5) is 16.0. The standard InChI is InChI=1S/C14H17N3OS/c1-2-15-7-6-13(18)17-12-5-3-4-11(10-12)14-16-8-9-19-14/h3-5,8-10,15H,2,6-7H2,1H3,(H,17,18). The molecule has 1 aromatic carbocycles. The Morgan fingerprint density at radius 2 is 2.32 bits per heavy atom. The second-order valence-corrected chi connectivity index (χ2v) is 4.96. The van der Waals surface area contributed by atoms with Crippen LogP contribution in [-0.2, 0) is 4.79 Å². The van der Waals surface area contributed by atoms with E-state index in [1.807, 2.05) is 36.6 Å². The van der Waals surface area contributed by atoms with Gasteiger partial charge in [-0.25, -0.2) is 4.98 Å². The Morgan fingerprint density at radius 3 is 3.05 bits per heavy atom. The van der Waals surface area contributed by atoms with Crippen molar-refractivity contribution in [3.63, 3.8) is 0 Å². The number of hydrogen-bond acceptors (Lipinski definition) is 4. The van der Waals surface area contributed by atoms with Gasteiger partial charge in [0, 0.05) is 35.8 Å². The highest BCUT2D eigenvalue weighted by atomic mass is 32.1. The zero-order chi connectivity index (χ0) is 13.5. The maximum atomic E-state index is 11.7. The molecule has 4 nitrogen and oxygen atoms in total. The van der Waals surface area contributed by atoms with Gasteiger partial charge in [-0.3, -0.25) is 4.79 Å². The van der Waals surface area contributed by atoms with Crippen LogP contribution in [0.3, 0.4) is 0 Å². The molecule has 0 bridgehead atoms. The van der Waals surface area contributed by atoms with Crippen LogP contribution < -0.4 is 10.6 Å². The molecule has 1 aromatic heterocycles. The lowest BCUT2D eigenvalue weighted by molar-refractivity contribution is -0.116. The lowest BCUT2D eigenvalue weighted by Crippen LogP contribution is -2.21. The fraction of sp³-hybridized carbons (Fsp3) is 0.286. The van der Waals surface area contributed by atoms with Crippen LogP contribution in [0.1, 0.15) is 13.3 Å². The van der Waals surface area contributed by atoms with E-state index in [2.05, 4.69) is 15.6 Å². The van der Waals surface area contributed by atoms with Gasteiger partial charge in [-0.1, -0.05) is 19.1 Å². The molecule has 0 saturated heterocycles. The van der Waals surface area contributed by atoms with E-state index in [0.717, 1.165) is 22.8 Å². The summed E-state index contributed by atoms with van der Waals surface area (Å²) in [5.41, 5.74) is 1.84. The van der Waals surface area contributed by atoms with Crippen LogP contribution in [0.25, 0.3) is 10.6 Å². The molecule has 0 radical (unpaired) electrons.